The summed E-state index contributed by atoms with van der Waals surface area (Å²) in [5.74, 6) is 1.69. The molecule has 2 aromatic carbocycles. The van der Waals surface area contributed by atoms with Crippen LogP contribution in [0.1, 0.15) is 5.69 Å². The van der Waals surface area contributed by atoms with E-state index in [1.54, 1.807) is 14.2 Å². The monoisotopic (exact) mass is 350 g/mol. The smallest absolute Gasteiger partial charge is 0.118 e. The maximum Gasteiger partial charge on any atom is 0.118 e. The number of aryl methyl sites for hydroxylation is 1. The molecule has 0 aliphatic carbocycles. The van der Waals surface area contributed by atoms with Gasteiger partial charge in [0.25, 0.3) is 0 Å². The quantitative estimate of drug-likeness (QED) is 0.748. The third kappa shape index (κ3) is 4.83. The van der Waals surface area contributed by atoms with Gasteiger partial charge in [0.05, 0.1) is 19.9 Å². The molecular weight excluding hydrogens is 324 g/mol. The van der Waals surface area contributed by atoms with Gasteiger partial charge in [-0.1, -0.05) is 18.2 Å². The normalized spacial score (nSPS) is 9.88. The van der Waals surface area contributed by atoms with E-state index in [4.69, 9.17) is 14.5 Å². The number of nitrogens with zero attached hydrogens (tertiary/aromatic N) is 1. The van der Waals surface area contributed by atoms with Gasteiger partial charge in [-0.3, -0.25) is 4.98 Å². The summed E-state index contributed by atoms with van der Waals surface area (Å²) >= 11 is 0. The molecule has 0 fully saturated rings. The molecule has 3 aromatic rings. The molecule has 0 saturated carbocycles. The van der Waals surface area contributed by atoms with E-state index < -0.39 is 0 Å². The highest BCUT2D eigenvalue weighted by Gasteiger charge is 2.10. The standard InChI is InChI=1S/C20H19NO2.C2H7N/c1-14-4-13-19(15-5-9-17(22-2)10-6-15)20(21-14)16-7-11-18(23-3)12-8-16;1-3-2/h4-13H,1-3H3;3H,1-2H3. The molecule has 1 aromatic heterocycles. The Kier molecular flexibility index (Phi) is 7.18. The van der Waals surface area contributed by atoms with Gasteiger partial charge in [0.1, 0.15) is 11.5 Å². The Morgan fingerprint density at radius 1 is 0.692 bits per heavy atom. The van der Waals surface area contributed by atoms with Gasteiger partial charge in [0.15, 0.2) is 0 Å². The highest BCUT2D eigenvalue weighted by atomic mass is 16.5. The molecule has 0 radical (unpaired) electrons. The van der Waals surface area contributed by atoms with Gasteiger partial charge < -0.3 is 14.8 Å². The third-order valence-corrected chi connectivity index (χ3v) is 3.80. The molecule has 0 aliphatic heterocycles. The van der Waals surface area contributed by atoms with Crippen LogP contribution in [-0.2, 0) is 0 Å². The molecule has 4 nitrogen and oxygen atoms in total. The zero-order valence-corrected chi connectivity index (χ0v) is 16.0. The molecule has 1 N–H and O–H groups in total. The first-order chi connectivity index (χ1) is 12.6. The zero-order chi connectivity index (χ0) is 18.9. The van der Waals surface area contributed by atoms with Gasteiger partial charge in [0.2, 0.25) is 0 Å². The fourth-order valence-corrected chi connectivity index (χ4v) is 2.53. The number of rotatable bonds is 4. The van der Waals surface area contributed by atoms with Crippen molar-refractivity contribution in [1.29, 1.82) is 0 Å². The van der Waals surface area contributed by atoms with Crippen molar-refractivity contribution in [3.63, 3.8) is 0 Å². The lowest BCUT2D eigenvalue weighted by atomic mass is 9.98. The topological polar surface area (TPSA) is 43.4 Å². The number of hydrogen-bond acceptors (Lipinski definition) is 4. The minimum Gasteiger partial charge on any atom is -0.497 e. The summed E-state index contributed by atoms with van der Waals surface area (Å²) in [4.78, 5) is 4.75. The molecular formula is C22H26N2O2. The highest BCUT2D eigenvalue weighted by molar-refractivity contribution is 5.81. The van der Waals surface area contributed by atoms with Crippen molar-refractivity contribution in [2.75, 3.05) is 28.3 Å². The third-order valence-electron chi connectivity index (χ3n) is 3.80. The summed E-state index contributed by atoms with van der Waals surface area (Å²) in [6.07, 6.45) is 0. The van der Waals surface area contributed by atoms with Crippen LogP contribution < -0.4 is 14.8 Å². The summed E-state index contributed by atoms with van der Waals surface area (Å²) in [7, 11) is 7.09. The summed E-state index contributed by atoms with van der Waals surface area (Å²) in [6, 6.07) is 20.2. The van der Waals surface area contributed by atoms with Crippen molar-refractivity contribution in [3.8, 4) is 33.9 Å². The Balaban J connectivity index is 0.000000758. The predicted molar refractivity (Wildman–Crippen MR) is 108 cm³/mol. The van der Waals surface area contributed by atoms with Gasteiger partial charge in [-0.05, 0) is 69.0 Å². The predicted octanol–water partition coefficient (Wildman–Crippen LogP) is 4.58. The minimum atomic E-state index is 0.840. The molecule has 0 amide bonds. The van der Waals surface area contributed by atoms with E-state index in [9.17, 15) is 0 Å². The molecule has 4 heteroatoms. The van der Waals surface area contributed by atoms with Crippen LogP contribution in [0.25, 0.3) is 22.4 Å². The van der Waals surface area contributed by atoms with Gasteiger partial charge >= 0.3 is 0 Å². The Bertz CT molecular complexity index is 813. The minimum absolute atomic E-state index is 0.840. The van der Waals surface area contributed by atoms with E-state index in [-0.39, 0.29) is 0 Å². The maximum absolute atomic E-state index is 5.24. The Morgan fingerprint density at radius 2 is 1.15 bits per heavy atom. The summed E-state index contributed by atoms with van der Waals surface area (Å²) in [6.45, 7) is 2.00. The molecule has 26 heavy (non-hydrogen) atoms. The number of nitrogens with one attached hydrogen (secondary N) is 1. The second-order valence-corrected chi connectivity index (χ2v) is 5.81. The largest absolute Gasteiger partial charge is 0.497 e. The van der Waals surface area contributed by atoms with Gasteiger partial charge in [-0.2, -0.15) is 0 Å². The van der Waals surface area contributed by atoms with Crippen molar-refractivity contribution < 1.29 is 9.47 Å². The molecule has 0 aliphatic rings. The van der Waals surface area contributed by atoms with Crippen molar-refractivity contribution in [3.05, 3.63) is 66.4 Å². The second kappa shape index (κ2) is 9.59. The average molecular weight is 350 g/mol. The summed E-state index contributed by atoms with van der Waals surface area (Å²) < 4.78 is 10.5. The first kappa shape index (κ1) is 19.5. The van der Waals surface area contributed by atoms with E-state index in [1.807, 2.05) is 63.5 Å². The average Bonchev–Trinajstić information content (AvgIpc) is 2.69. The number of ether oxygens (including phenoxy) is 2. The number of pyridine rings is 1. The molecule has 3 rings (SSSR count). The van der Waals surface area contributed by atoms with E-state index in [2.05, 4.69) is 23.5 Å². The summed E-state index contributed by atoms with van der Waals surface area (Å²) in [5, 5.41) is 2.75. The van der Waals surface area contributed by atoms with Crippen molar-refractivity contribution >= 4 is 0 Å². The van der Waals surface area contributed by atoms with Crippen LogP contribution >= 0.6 is 0 Å². The molecule has 0 unspecified atom stereocenters. The number of hydrogen-bond donors (Lipinski definition) is 1. The van der Waals surface area contributed by atoms with Crippen LogP contribution in [-0.4, -0.2) is 33.3 Å². The van der Waals surface area contributed by atoms with Crippen LogP contribution in [0.5, 0.6) is 11.5 Å². The molecule has 0 atom stereocenters. The lowest BCUT2D eigenvalue weighted by molar-refractivity contribution is 0.414. The number of benzene rings is 2. The van der Waals surface area contributed by atoms with Crippen molar-refractivity contribution in [2.24, 2.45) is 0 Å². The summed E-state index contributed by atoms with van der Waals surface area (Å²) in [5.41, 5.74) is 5.25. The van der Waals surface area contributed by atoms with E-state index in [0.29, 0.717) is 0 Å². The lowest BCUT2D eigenvalue weighted by Gasteiger charge is -2.11. The second-order valence-electron chi connectivity index (χ2n) is 5.81. The van der Waals surface area contributed by atoms with Crippen LogP contribution in [0.3, 0.4) is 0 Å². The first-order valence-electron chi connectivity index (χ1n) is 8.48. The number of methoxy groups -OCH3 is 2. The van der Waals surface area contributed by atoms with Crippen molar-refractivity contribution in [1.82, 2.24) is 10.3 Å². The molecule has 0 spiro atoms. The SMILES string of the molecule is CNC.COc1ccc(-c2ccc(C)nc2-c2ccc(OC)cc2)cc1. The van der Waals surface area contributed by atoms with Crippen LogP contribution in [0.15, 0.2) is 60.7 Å². The Labute approximate surface area is 155 Å². The molecule has 0 bridgehead atoms. The van der Waals surface area contributed by atoms with Crippen LogP contribution in [0.2, 0.25) is 0 Å². The molecule has 1 heterocycles. The highest BCUT2D eigenvalue weighted by Crippen LogP contribution is 2.32. The zero-order valence-electron chi connectivity index (χ0n) is 16.0. The fourth-order valence-electron chi connectivity index (χ4n) is 2.53. The molecule has 136 valence electrons. The molecule has 0 saturated heterocycles. The van der Waals surface area contributed by atoms with E-state index >= 15 is 0 Å². The van der Waals surface area contributed by atoms with E-state index in [0.717, 1.165) is 39.6 Å². The Hall–Kier alpha value is -2.85. The van der Waals surface area contributed by atoms with Gasteiger partial charge in [0, 0.05) is 16.8 Å². The van der Waals surface area contributed by atoms with Crippen LogP contribution in [0.4, 0.5) is 0 Å². The van der Waals surface area contributed by atoms with Crippen LogP contribution in [0, 0.1) is 6.92 Å². The van der Waals surface area contributed by atoms with E-state index in [1.165, 1.54) is 0 Å². The fraction of sp³-hybridized carbons (Fsp3) is 0.227. The van der Waals surface area contributed by atoms with Gasteiger partial charge in [-0.15, -0.1) is 0 Å². The van der Waals surface area contributed by atoms with Crippen molar-refractivity contribution in [2.45, 2.75) is 6.92 Å². The lowest BCUT2D eigenvalue weighted by Crippen LogP contribution is -1.92. The maximum atomic E-state index is 5.24. The van der Waals surface area contributed by atoms with Gasteiger partial charge in [-0.25, -0.2) is 0 Å². The number of aromatic nitrogens is 1. The first-order valence-corrected chi connectivity index (χ1v) is 8.48. The Morgan fingerprint density at radius 3 is 1.62 bits per heavy atom.